The Morgan fingerprint density at radius 2 is 1.75 bits per heavy atom. The number of nitrogens with one attached hydrogen (secondary N) is 1. The monoisotopic (exact) mass is 365 g/mol. The summed E-state index contributed by atoms with van der Waals surface area (Å²) in [6, 6.07) is 11.6. The molecule has 1 N–H and O–H groups in total. The molecule has 6 heteroatoms. The summed E-state index contributed by atoms with van der Waals surface area (Å²) in [6.45, 7) is 1.83. The second kappa shape index (κ2) is 7.03. The molecule has 24 heavy (non-hydrogen) atoms. The molecule has 2 aromatic carbocycles. The van der Waals surface area contributed by atoms with Gasteiger partial charge in [-0.05, 0) is 74.6 Å². The maximum atomic E-state index is 12.5. The minimum absolute atomic E-state index is 0.195. The summed E-state index contributed by atoms with van der Waals surface area (Å²) >= 11 is 5.94. The van der Waals surface area contributed by atoms with E-state index in [0.29, 0.717) is 16.5 Å². The van der Waals surface area contributed by atoms with Crippen LogP contribution in [-0.4, -0.2) is 14.5 Å². The van der Waals surface area contributed by atoms with E-state index in [2.05, 4.69) is 4.72 Å². The standard InChI is InChI=1S/C18H20ClNO3S/c1-13-6-7-14(19)12-18(13)20-24(21,22)17-10-8-16(9-11-17)23-15-4-2-3-5-15/h6-12,15,20H,2-5H2,1H3. The lowest BCUT2D eigenvalue weighted by atomic mass is 10.2. The van der Waals surface area contributed by atoms with E-state index in [1.807, 2.05) is 6.92 Å². The van der Waals surface area contributed by atoms with Crippen molar-refractivity contribution in [2.45, 2.75) is 43.6 Å². The molecule has 0 spiro atoms. The minimum Gasteiger partial charge on any atom is -0.490 e. The van der Waals surface area contributed by atoms with Gasteiger partial charge >= 0.3 is 0 Å². The van der Waals surface area contributed by atoms with E-state index in [-0.39, 0.29) is 11.0 Å². The highest BCUT2D eigenvalue weighted by Crippen LogP contribution is 2.26. The van der Waals surface area contributed by atoms with Gasteiger partial charge in [-0.15, -0.1) is 0 Å². The van der Waals surface area contributed by atoms with E-state index >= 15 is 0 Å². The molecule has 1 aliphatic rings. The van der Waals surface area contributed by atoms with Crippen LogP contribution in [0.4, 0.5) is 5.69 Å². The fourth-order valence-electron chi connectivity index (χ4n) is 2.80. The van der Waals surface area contributed by atoms with Crippen molar-refractivity contribution in [2.24, 2.45) is 0 Å². The van der Waals surface area contributed by atoms with Gasteiger partial charge in [-0.2, -0.15) is 0 Å². The fourth-order valence-corrected chi connectivity index (χ4v) is 4.10. The zero-order chi connectivity index (χ0) is 17.2. The number of rotatable bonds is 5. The molecule has 0 saturated heterocycles. The molecule has 0 aromatic heterocycles. The van der Waals surface area contributed by atoms with Gasteiger partial charge in [0.15, 0.2) is 0 Å². The lowest BCUT2D eigenvalue weighted by molar-refractivity contribution is 0.210. The summed E-state index contributed by atoms with van der Waals surface area (Å²) in [7, 11) is -3.66. The molecule has 0 radical (unpaired) electrons. The Morgan fingerprint density at radius 1 is 1.08 bits per heavy atom. The van der Waals surface area contributed by atoms with E-state index in [1.54, 1.807) is 42.5 Å². The van der Waals surface area contributed by atoms with Gasteiger partial charge in [0.2, 0.25) is 0 Å². The number of hydrogen-bond donors (Lipinski definition) is 1. The molecule has 2 aromatic rings. The first-order valence-corrected chi connectivity index (χ1v) is 9.86. The van der Waals surface area contributed by atoms with Crippen LogP contribution in [0.1, 0.15) is 31.2 Å². The van der Waals surface area contributed by atoms with Crippen LogP contribution in [0.2, 0.25) is 5.02 Å². The summed E-state index contributed by atoms with van der Waals surface area (Å²) in [5.41, 5.74) is 1.29. The molecule has 0 aliphatic heterocycles. The van der Waals surface area contributed by atoms with Gasteiger partial charge in [0.1, 0.15) is 5.75 Å². The Labute approximate surface area is 147 Å². The average molecular weight is 366 g/mol. The van der Waals surface area contributed by atoms with Crippen LogP contribution in [0.25, 0.3) is 0 Å². The third-order valence-corrected chi connectivity index (χ3v) is 5.80. The Bertz CT molecular complexity index is 813. The molecule has 0 bridgehead atoms. The number of halogens is 1. The Morgan fingerprint density at radius 3 is 2.42 bits per heavy atom. The molecule has 0 atom stereocenters. The summed E-state index contributed by atoms with van der Waals surface area (Å²) in [6.07, 6.45) is 4.77. The molecular formula is C18H20ClNO3S. The average Bonchev–Trinajstić information content (AvgIpc) is 3.04. The van der Waals surface area contributed by atoms with Gasteiger partial charge in [-0.1, -0.05) is 17.7 Å². The third kappa shape index (κ3) is 4.02. The quantitative estimate of drug-likeness (QED) is 0.830. The number of benzene rings is 2. The fraction of sp³-hybridized carbons (Fsp3) is 0.333. The largest absolute Gasteiger partial charge is 0.490 e. The summed E-state index contributed by atoms with van der Waals surface area (Å²) in [5.74, 6) is 0.708. The molecule has 3 rings (SSSR count). The second-order valence-electron chi connectivity index (χ2n) is 6.06. The van der Waals surface area contributed by atoms with Crippen molar-refractivity contribution in [1.82, 2.24) is 0 Å². The van der Waals surface area contributed by atoms with E-state index in [9.17, 15) is 8.42 Å². The van der Waals surface area contributed by atoms with E-state index < -0.39 is 10.0 Å². The van der Waals surface area contributed by atoms with Crippen LogP contribution in [0.5, 0.6) is 5.75 Å². The Kier molecular flexibility index (Phi) is 5.01. The lowest BCUT2D eigenvalue weighted by Gasteiger charge is -2.14. The summed E-state index contributed by atoms with van der Waals surface area (Å²) in [4.78, 5) is 0.195. The smallest absolute Gasteiger partial charge is 0.261 e. The molecule has 0 amide bonds. The summed E-state index contributed by atoms with van der Waals surface area (Å²) in [5, 5.41) is 0.485. The number of aryl methyl sites for hydroxylation is 1. The van der Waals surface area contributed by atoms with Gasteiger partial charge in [-0.25, -0.2) is 8.42 Å². The van der Waals surface area contributed by atoms with Crippen LogP contribution in [0.3, 0.4) is 0 Å². The third-order valence-electron chi connectivity index (χ3n) is 4.18. The molecule has 0 heterocycles. The van der Waals surface area contributed by atoms with Crippen molar-refractivity contribution in [3.8, 4) is 5.75 Å². The van der Waals surface area contributed by atoms with Crippen molar-refractivity contribution in [2.75, 3.05) is 4.72 Å². The first-order valence-electron chi connectivity index (χ1n) is 8.00. The number of hydrogen-bond acceptors (Lipinski definition) is 3. The van der Waals surface area contributed by atoms with E-state index in [0.717, 1.165) is 18.4 Å². The highest BCUT2D eigenvalue weighted by atomic mass is 35.5. The van der Waals surface area contributed by atoms with E-state index in [1.165, 1.54) is 12.8 Å². The predicted molar refractivity (Wildman–Crippen MR) is 96.3 cm³/mol. The summed E-state index contributed by atoms with van der Waals surface area (Å²) < 4.78 is 33.5. The zero-order valence-corrected chi connectivity index (χ0v) is 15.0. The zero-order valence-electron chi connectivity index (χ0n) is 13.5. The SMILES string of the molecule is Cc1ccc(Cl)cc1NS(=O)(=O)c1ccc(OC2CCCC2)cc1. The first kappa shape index (κ1) is 17.1. The van der Waals surface area contributed by atoms with Crippen LogP contribution >= 0.6 is 11.6 Å². The molecule has 1 aliphatic carbocycles. The Balaban J connectivity index is 1.75. The molecular weight excluding hydrogens is 346 g/mol. The van der Waals surface area contributed by atoms with E-state index in [4.69, 9.17) is 16.3 Å². The maximum Gasteiger partial charge on any atom is 0.261 e. The van der Waals surface area contributed by atoms with Gasteiger partial charge in [0, 0.05) is 5.02 Å². The topological polar surface area (TPSA) is 55.4 Å². The number of ether oxygens (including phenoxy) is 1. The van der Waals surface area contributed by atoms with Crippen LogP contribution in [0, 0.1) is 6.92 Å². The van der Waals surface area contributed by atoms with Gasteiger partial charge < -0.3 is 4.74 Å². The Hall–Kier alpha value is -1.72. The molecule has 4 nitrogen and oxygen atoms in total. The second-order valence-corrected chi connectivity index (χ2v) is 8.18. The number of sulfonamides is 1. The first-order chi connectivity index (χ1) is 11.4. The maximum absolute atomic E-state index is 12.5. The van der Waals surface area contributed by atoms with Gasteiger partial charge in [0.25, 0.3) is 10.0 Å². The van der Waals surface area contributed by atoms with Crippen LogP contribution in [0.15, 0.2) is 47.4 Å². The minimum atomic E-state index is -3.66. The van der Waals surface area contributed by atoms with Crippen molar-refractivity contribution < 1.29 is 13.2 Å². The van der Waals surface area contributed by atoms with Crippen molar-refractivity contribution in [1.29, 1.82) is 0 Å². The van der Waals surface area contributed by atoms with Crippen LogP contribution in [-0.2, 0) is 10.0 Å². The predicted octanol–water partition coefficient (Wildman–Crippen LogP) is 4.77. The van der Waals surface area contributed by atoms with Crippen molar-refractivity contribution >= 4 is 27.3 Å². The number of anilines is 1. The van der Waals surface area contributed by atoms with Crippen LogP contribution < -0.4 is 9.46 Å². The normalized spacial score (nSPS) is 15.4. The van der Waals surface area contributed by atoms with Gasteiger partial charge in [0.05, 0.1) is 16.7 Å². The highest BCUT2D eigenvalue weighted by molar-refractivity contribution is 7.92. The van der Waals surface area contributed by atoms with Crippen molar-refractivity contribution in [3.63, 3.8) is 0 Å². The lowest BCUT2D eigenvalue weighted by Crippen LogP contribution is -2.14. The van der Waals surface area contributed by atoms with Crippen molar-refractivity contribution in [3.05, 3.63) is 53.1 Å². The molecule has 128 valence electrons. The van der Waals surface area contributed by atoms with Gasteiger partial charge in [-0.3, -0.25) is 4.72 Å². The molecule has 1 fully saturated rings. The molecule has 0 unspecified atom stereocenters. The molecule has 1 saturated carbocycles. The highest BCUT2D eigenvalue weighted by Gasteiger charge is 2.18.